The van der Waals surface area contributed by atoms with Crippen molar-refractivity contribution in [1.82, 2.24) is 4.72 Å². The number of sulfonamides is 1. The standard InChI is InChI=1S/C11H15NO5S2/c1-18-11(5-2-6-11)7-12-19(15,16)9-4-3-8(17-9)10(13)14/h3-4,12H,2,5-7H2,1H3,(H,13,14). The number of nitrogens with one attached hydrogen (secondary N) is 1. The van der Waals surface area contributed by atoms with E-state index in [1.807, 2.05) is 6.26 Å². The van der Waals surface area contributed by atoms with Crippen LogP contribution in [0.2, 0.25) is 0 Å². The number of hydrogen-bond acceptors (Lipinski definition) is 5. The lowest BCUT2D eigenvalue weighted by Crippen LogP contribution is -2.45. The van der Waals surface area contributed by atoms with Crippen molar-refractivity contribution in [2.24, 2.45) is 0 Å². The highest BCUT2D eigenvalue weighted by Gasteiger charge is 2.37. The molecule has 0 radical (unpaired) electrons. The molecule has 0 saturated heterocycles. The van der Waals surface area contributed by atoms with E-state index in [9.17, 15) is 13.2 Å². The molecule has 0 bridgehead atoms. The molecule has 1 aliphatic rings. The minimum atomic E-state index is -3.79. The Labute approximate surface area is 115 Å². The summed E-state index contributed by atoms with van der Waals surface area (Å²) in [4.78, 5) is 10.6. The van der Waals surface area contributed by atoms with Gasteiger partial charge in [0.2, 0.25) is 10.9 Å². The van der Waals surface area contributed by atoms with Crippen LogP contribution in [0.4, 0.5) is 0 Å². The van der Waals surface area contributed by atoms with E-state index in [1.54, 1.807) is 11.8 Å². The molecule has 1 fully saturated rings. The normalized spacial score (nSPS) is 17.9. The number of carboxylic acids is 1. The lowest BCUT2D eigenvalue weighted by Gasteiger charge is -2.40. The van der Waals surface area contributed by atoms with Crippen LogP contribution in [0.5, 0.6) is 0 Å². The van der Waals surface area contributed by atoms with E-state index in [0.717, 1.165) is 31.4 Å². The number of carboxylic acid groups (broad SMARTS) is 1. The molecule has 0 atom stereocenters. The minimum Gasteiger partial charge on any atom is -0.475 e. The average Bonchev–Trinajstić information content (AvgIpc) is 2.78. The van der Waals surface area contributed by atoms with Crippen LogP contribution in [-0.4, -0.2) is 37.0 Å². The lowest BCUT2D eigenvalue weighted by molar-refractivity contribution is 0.0656. The Morgan fingerprint density at radius 3 is 2.63 bits per heavy atom. The second kappa shape index (κ2) is 5.18. The number of furan rings is 1. The van der Waals surface area contributed by atoms with Crippen LogP contribution < -0.4 is 4.72 Å². The van der Waals surface area contributed by atoms with E-state index in [4.69, 9.17) is 9.52 Å². The number of rotatable bonds is 6. The van der Waals surface area contributed by atoms with Crippen molar-refractivity contribution < 1.29 is 22.7 Å². The summed E-state index contributed by atoms with van der Waals surface area (Å²) in [7, 11) is -3.79. The summed E-state index contributed by atoms with van der Waals surface area (Å²) in [6, 6.07) is 2.28. The van der Waals surface area contributed by atoms with Gasteiger partial charge in [0.1, 0.15) is 0 Å². The molecule has 6 nitrogen and oxygen atoms in total. The molecule has 1 aromatic heterocycles. The molecule has 1 aromatic rings. The van der Waals surface area contributed by atoms with Crippen molar-refractivity contribution in [1.29, 1.82) is 0 Å². The van der Waals surface area contributed by atoms with Gasteiger partial charge in [0.15, 0.2) is 0 Å². The van der Waals surface area contributed by atoms with Crippen molar-refractivity contribution in [3.63, 3.8) is 0 Å². The largest absolute Gasteiger partial charge is 0.475 e. The van der Waals surface area contributed by atoms with Crippen molar-refractivity contribution in [2.45, 2.75) is 29.1 Å². The quantitative estimate of drug-likeness (QED) is 0.827. The van der Waals surface area contributed by atoms with Gasteiger partial charge < -0.3 is 9.52 Å². The molecule has 8 heteroatoms. The predicted octanol–water partition coefficient (Wildman–Crippen LogP) is 1.54. The number of aromatic carboxylic acids is 1. The van der Waals surface area contributed by atoms with Gasteiger partial charge in [-0.1, -0.05) is 6.42 Å². The van der Waals surface area contributed by atoms with Gasteiger partial charge in [0.05, 0.1) is 0 Å². The molecular weight excluding hydrogens is 290 g/mol. The molecule has 2 N–H and O–H groups in total. The topological polar surface area (TPSA) is 96.6 Å². The fourth-order valence-electron chi connectivity index (χ4n) is 1.90. The van der Waals surface area contributed by atoms with E-state index in [-0.39, 0.29) is 15.6 Å². The molecule has 0 aromatic carbocycles. The third-order valence-corrected chi connectivity index (χ3v) is 6.03. The van der Waals surface area contributed by atoms with Crippen LogP contribution in [0.3, 0.4) is 0 Å². The van der Waals surface area contributed by atoms with Gasteiger partial charge in [-0.15, -0.1) is 0 Å². The molecule has 1 saturated carbocycles. The first-order valence-corrected chi connectivity index (χ1v) is 8.47. The summed E-state index contributed by atoms with van der Waals surface area (Å²) >= 11 is 1.65. The minimum absolute atomic E-state index is 0.0324. The fourth-order valence-corrected chi connectivity index (χ4v) is 3.96. The molecule has 106 valence electrons. The molecular formula is C11H15NO5S2. The second-order valence-electron chi connectivity index (χ2n) is 4.49. The van der Waals surface area contributed by atoms with Gasteiger partial charge in [-0.2, -0.15) is 11.8 Å². The molecule has 1 aliphatic carbocycles. The lowest BCUT2D eigenvalue weighted by atomic mass is 9.84. The van der Waals surface area contributed by atoms with E-state index in [0.29, 0.717) is 6.54 Å². The number of hydrogen-bond donors (Lipinski definition) is 2. The first-order valence-electron chi connectivity index (χ1n) is 5.76. The van der Waals surface area contributed by atoms with Gasteiger partial charge in [0, 0.05) is 11.3 Å². The monoisotopic (exact) mass is 305 g/mol. The summed E-state index contributed by atoms with van der Waals surface area (Å²) in [5.41, 5.74) is 0. The molecule has 1 heterocycles. The smallest absolute Gasteiger partial charge is 0.371 e. The van der Waals surface area contributed by atoms with Crippen LogP contribution in [0.1, 0.15) is 29.8 Å². The van der Waals surface area contributed by atoms with E-state index in [1.165, 1.54) is 0 Å². The number of carbonyl (C=O) groups is 1. The van der Waals surface area contributed by atoms with Crippen LogP contribution in [0.25, 0.3) is 0 Å². The molecule has 0 aliphatic heterocycles. The summed E-state index contributed by atoms with van der Waals surface area (Å²) in [5, 5.41) is 8.34. The van der Waals surface area contributed by atoms with Crippen molar-refractivity contribution in [3.8, 4) is 0 Å². The highest BCUT2D eigenvalue weighted by Crippen LogP contribution is 2.42. The molecule has 0 spiro atoms. The van der Waals surface area contributed by atoms with Crippen molar-refractivity contribution in [3.05, 3.63) is 17.9 Å². The van der Waals surface area contributed by atoms with Crippen LogP contribution in [0, 0.1) is 0 Å². The highest BCUT2D eigenvalue weighted by atomic mass is 32.2. The summed E-state index contributed by atoms with van der Waals surface area (Å²) in [5.74, 6) is -1.68. The second-order valence-corrected chi connectivity index (χ2v) is 7.46. The molecule has 2 rings (SSSR count). The molecule has 0 amide bonds. The predicted molar refractivity (Wildman–Crippen MR) is 71.0 cm³/mol. The van der Waals surface area contributed by atoms with Crippen LogP contribution in [-0.2, 0) is 10.0 Å². The first-order chi connectivity index (χ1) is 8.88. The van der Waals surface area contributed by atoms with Gasteiger partial charge in [0.25, 0.3) is 10.0 Å². The third kappa shape index (κ3) is 2.96. The maximum atomic E-state index is 12.0. The first kappa shape index (κ1) is 14.4. The van der Waals surface area contributed by atoms with Crippen molar-refractivity contribution >= 4 is 27.8 Å². The Bertz CT molecular complexity index is 568. The van der Waals surface area contributed by atoms with E-state index < -0.39 is 16.0 Å². The van der Waals surface area contributed by atoms with Crippen LogP contribution in [0.15, 0.2) is 21.6 Å². The van der Waals surface area contributed by atoms with Gasteiger partial charge >= 0.3 is 5.97 Å². The number of thioether (sulfide) groups is 1. The summed E-state index contributed by atoms with van der Waals surface area (Å²) in [6.07, 6.45) is 5.03. The zero-order valence-corrected chi connectivity index (χ0v) is 12.0. The summed E-state index contributed by atoms with van der Waals surface area (Å²) < 4.78 is 31.2. The van der Waals surface area contributed by atoms with Gasteiger partial charge in [-0.3, -0.25) is 0 Å². The SMILES string of the molecule is CSC1(CNS(=O)(=O)c2ccc(C(=O)O)o2)CCC1. The Kier molecular flexibility index (Phi) is 3.93. The average molecular weight is 305 g/mol. The maximum absolute atomic E-state index is 12.0. The molecule has 0 unspecified atom stereocenters. The van der Waals surface area contributed by atoms with Crippen LogP contribution >= 0.6 is 11.8 Å². The zero-order chi connectivity index (χ0) is 14.1. The van der Waals surface area contributed by atoms with Crippen molar-refractivity contribution in [2.75, 3.05) is 12.8 Å². The van der Waals surface area contributed by atoms with Gasteiger partial charge in [-0.25, -0.2) is 17.9 Å². The Morgan fingerprint density at radius 1 is 1.53 bits per heavy atom. The zero-order valence-electron chi connectivity index (χ0n) is 10.4. The summed E-state index contributed by atoms with van der Waals surface area (Å²) in [6.45, 7) is 0.333. The fraction of sp³-hybridized carbons (Fsp3) is 0.545. The van der Waals surface area contributed by atoms with E-state index in [2.05, 4.69) is 4.72 Å². The maximum Gasteiger partial charge on any atom is 0.371 e. The van der Waals surface area contributed by atoms with E-state index >= 15 is 0 Å². The highest BCUT2D eigenvalue weighted by molar-refractivity contribution is 8.00. The Hall–Kier alpha value is -0.990. The Morgan fingerprint density at radius 2 is 2.21 bits per heavy atom. The van der Waals surface area contributed by atoms with Gasteiger partial charge in [-0.05, 0) is 31.2 Å². The third-order valence-electron chi connectivity index (χ3n) is 3.34. The molecule has 19 heavy (non-hydrogen) atoms. The Balaban J connectivity index is 2.07.